The zero-order valence-corrected chi connectivity index (χ0v) is 12.0. The summed E-state index contributed by atoms with van der Waals surface area (Å²) >= 11 is 6.06. The molecule has 3 heterocycles. The van der Waals surface area contributed by atoms with Gasteiger partial charge in [-0.2, -0.15) is 0 Å². The number of anilines is 1. The van der Waals surface area contributed by atoms with E-state index < -0.39 is 5.60 Å². The average Bonchev–Trinajstić information content (AvgIpc) is 2.37. The highest BCUT2D eigenvalue weighted by Gasteiger charge is 2.43. The summed E-state index contributed by atoms with van der Waals surface area (Å²) in [5.74, 6) is 0.119. The molecule has 1 fully saturated rings. The number of aromatic nitrogens is 1. The van der Waals surface area contributed by atoms with Crippen LogP contribution in [-0.2, 0) is 11.2 Å². The summed E-state index contributed by atoms with van der Waals surface area (Å²) in [6.45, 7) is 5.92. The van der Waals surface area contributed by atoms with Crippen molar-refractivity contribution >= 4 is 17.3 Å². The van der Waals surface area contributed by atoms with Gasteiger partial charge < -0.3 is 14.7 Å². The SMILES string of the molecule is CC(C)(O)C1Cc2ncc(Cl)cc2N2CCOCC12. The van der Waals surface area contributed by atoms with Crippen molar-refractivity contribution in [3.63, 3.8) is 0 Å². The molecule has 0 saturated carbocycles. The van der Waals surface area contributed by atoms with Gasteiger partial charge in [-0.3, -0.25) is 4.98 Å². The Morgan fingerprint density at radius 1 is 1.53 bits per heavy atom. The number of fused-ring (bicyclic) bond motifs is 3. The summed E-state index contributed by atoms with van der Waals surface area (Å²) in [7, 11) is 0. The van der Waals surface area contributed by atoms with Gasteiger partial charge in [-0.25, -0.2) is 0 Å². The molecule has 2 aliphatic rings. The van der Waals surface area contributed by atoms with E-state index in [9.17, 15) is 5.11 Å². The normalized spacial score (nSPS) is 26.8. The van der Waals surface area contributed by atoms with Gasteiger partial charge in [0.2, 0.25) is 0 Å². The second kappa shape index (κ2) is 4.62. The summed E-state index contributed by atoms with van der Waals surface area (Å²) in [5, 5.41) is 11.1. The Kier molecular flexibility index (Phi) is 3.20. The van der Waals surface area contributed by atoms with Gasteiger partial charge in [-0.15, -0.1) is 0 Å². The van der Waals surface area contributed by atoms with Crippen LogP contribution in [0.4, 0.5) is 5.69 Å². The van der Waals surface area contributed by atoms with Crippen molar-refractivity contribution in [1.82, 2.24) is 4.98 Å². The summed E-state index contributed by atoms with van der Waals surface area (Å²) in [5.41, 5.74) is 1.37. The Hall–Kier alpha value is -0.840. The van der Waals surface area contributed by atoms with E-state index in [0.717, 1.165) is 24.3 Å². The first kappa shape index (κ1) is 13.2. The quantitative estimate of drug-likeness (QED) is 0.854. The van der Waals surface area contributed by atoms with E-state index in [0.29, 0.717) is 18.2 Å². The molecular weight excluding hydrogens is 264 g/mol. The van der Waals surface area contributed by atoms with Crippen LogP contribution in [0.25, 0.3) is 0 Å². The van der Waals surface area contributed by atoms with E-state index >= 15 is 0 Å². The lowest BCUT2D eigenvalue weighted by atomic mass is 9.77. The van der Waals surface area contributed by atoms with E-state index in [-0.39, 0.29) is 12.0 Å². The molecular formula is C14H19ClN2O2. The number of nitrogens with zero attached hydrogens (tertiary/aromatic N) is 2. The van der Waals surface area contributed by atoms with Crippen molar-refractivity contribution in [3.05, 3.63) is 23.0 Å². The first-order chi connectivity index (χ1) is 8.97. The highest BCUT2D eigenvalue weighted by atomic mass is 35.5. The third kappa shape index (κ3) is 2.33. The maximum Gasteiger partial charge on any atom is 0.0674 e. The third-order valence-electron chi connectivity index (χ3n) is 4.17. The molecule has 0 aromatic carbocycles. The second-order valence-electron chi connectivity index (χ2n) is 5.92. The molecule has 5 heteroatoms. The van der Waals surface area contributed by atoms with Crippen LogP contribution in [0.5, 0.6) is 0 Å². The number of ether oxygens (including phenoxy) is 1. The van der Waals surface area contributed by atoms with Gasteiger partial charge in [0.15, 0.2) is 0 Å². The monoisotopic (exact) mass is 282 g/mol. The lowest BCUT2D eigenvalue weighted by Gasteiger charge is -2.49. The summed E-state index contributed by atoms with van der Waals surface area (Å²) in [4.78, 5) is 6.74. The van der Waals surface area contributed by atoms with E-state index in [1.54, 1.807) is 6.20 Å². The number of hydrogen-bond donors (Lipinski definition) is 1. The average molecular weight is 283 g/mol. The fourth-order valence-electron chi connectivity index (χ4n) is 3.18. The van der Waals surface area contributed by atoms with Gasteiger partial charge in [-0.1, -0.05) is 11.6 Å². The van der Waals surface area contributed by atoms with Crippen molar-refractivity contribution in [1.29, 1.82) is 0 Å². The van der Waals surface area contributed by atoms with Crippen LogP contribution in [-0.4, -0.2) is 41.5 Å². The molecule has 1 N–H and O–H groups in total. The predicted molar refractivity (Wildman–Crippen MR) is 74.7 cm³/mol. The fourth-order valence-corrected chi connectivity index (χ4v) is 3.34. The molecule has 0 amide bonds. The zero-order valence-electron chi connectivity index (χ0n) is 11.3. The van der Waals surface area contributed by atoms with Crippen LogP contribution in [0.3, 0.4) is 0 Å². The molecule has 0 bridgehead atoms. The lowest BCUT2D eigenvalue weighted by Crippen LogP contribution is -2.58. The molecule has 1 aromatic rings. The number of rotatable bonds is 1. The Morgan fingerprint density at radius 3 is 3.05 bits per heavy atom. The Bertz CT molecular complexity index is 487. The van der Waals surface area contributed by atoms with Gasteiger partial charge in [0, 0.05) is 18.7 Å². The highest BCUT2D eigenvalue weighted by molar-refractivity contribution is 6.30. The predicted octanol–water partition coefficient (Wildman–Crippen LogP) is 1.88. The van der Waals surface area contributed by atoms with E-state index in [1.807, 2.05) is 19.9 Å². The molecule has 2 atom stereocenters. The molecule has 0 spiro atoms. The summed E-state index contributed by atoms with van der Waals surface area (Å²) < 4.78 is 5.60. The number of halogens is 1. The van der Waals surface area contributed by atoms with Gasteiger partial charge >= 0.3 is 0 Å². The van der Waals surface area contributed by atoms with Gasteiger partial charge in [0.25, 0.3) is 0 Å². The highest BCUT2D eigenvalue weighted by Crippen LogP contribution is 2.39. The first-order valence-electron chi connectivity index (χ1n) is 6.68. The van der Waals surface area contributed by atoms with Crippen LogP contribution in [0.15, 0.2) is 12.3 Å². The van der Waals surface area contributed by atoms with Crippen molar-refractivity contribution in [2.45, 2.75) is 31.9 Å². The summed E-state index contributed by atoms with van der Waals surface area (Å²) in [6, 6.07) is 2.17. The Morgan fingerprint density at radius 2 is 2.32 bits per heavy atom. The maximum atomic E-state index is 10.4. The minimum atomic E-state index is -0.747. The van der Waals surface area contributed by atoms with E-state index in [4.69, 9.17) is 16.3 Å². The number of hydrogen-bond acceptors (Lipinski definition) is 4. The Balaban J connectivity index is 2.04. The molecule has 2 unspecified atom stereocenters. The summed E-state index contributed by atoms with van der Waals surface area (Å²) in [6.07, 6.45) is 2.45. The van der Waals surface area contributed by atoms with Gasteiger partial charge in [-0.05, 0) is 26.3 Å². The molecule has 4 nitrogen and oxygen atoms in total. The van der Waals surface area contributed by atoms with Crippen LogP contribution >= 0.6 is 11.6 Å². The molecule has 0 aliphatic carbocycles. The van der Waals surface area contributed by atoms with Crippen molar-refractivity contribution in [2.24, 2.45) is 5.92 Å². The Labute approximate surface area is 118 Å². The standard InChI is InChI=1S/C14H19ClN2O2/c1-14(2,18)10-6-11-12(5-9(15)7-16-11)17-3-4-19-8-13(10)17/h5,7,10,13,18H,3-4,6,8H2,1-2H3. The van der Waals surface area contributed by atoms with Crippen LogP contribution in [0.2, 0.25) is 5.02 Å². The van der Waals surface area contributed by atoms with E-state index in [1.165, 1.54) is 0 Å². The van der Waals surface area contributed by atoms with Crippen molar-refractivity contribution < 1.29 is 9.84 Å². The smallest absolute Gasteiger partial charge is 0.0674 e. The molecule has 0 radical (unpaired) electrons. The van der Waals surface area contributed by atoms with Gasteiger partial charge in [0.05, 0.1) is 41.3 Å². The lowest BCUT2D eigenvalue weighted by molar-refractivity contribution is -0.0275. The fraction of sp³-hybridized carbons (Fsp3) is 0.643. The minimum absolute atomic E-state index is 0.119. The molecule has 104 valence electrons. The van der Waals surface area contributed by atoms with Gasteiger partial charge in [0.1, 0.15) is 0 Å². The topological polar surface area (TPSA) is 45.6 Å². The zero-order chi connectivity index (χ0) is 13.6. The minimum Gasteiger partial charge on any atom is -0.390 e. The van der Waals surface area contributed by atoms with Crippen molar-refractivity contribution in [2.75, 3.05) is 24.7 Å². The largest absolute Gasteiger partial charge is 0.390 e. The van der Waals surface area contributed by atoms with E-state index in [2.05, 4.69) is 9.88 Å². The van der Waals surface area contributed by atoms with Crippen LogP contribution < -0.4 is 4.90 Å². The number of pyridine rings is 1. The third-order valence-corrected chi connectivity index (χ3v) is 4.38. The van der Waals surface area contributed by atoms with Crippen LogP contribution in [0, 0.1) is 5.92 Å². The molecule has 2 aliphatic heterocycles. The maximum absolute atomic E-state index is 10.4. The molecule has 1 saturated heterocycles. The second-order valence-corrected chi connectivity index (χ2v) is 6.36. The van der Waals surface area contributed by atoms with Crippen molar-refractivity contribution in [3.8, 4) is 0 Å². The molecule has 1 aromatic heterocycles. The molecule has 3 rings (SSSR count). The van der Waals surface area contributed by atoms with Crippen LogP contribution in [0.1, 0.15) is 19.5 Å². The first-order valence-corrected chi connectivity index (χ1v) is 7.06. The molecule has 19 heavy (non-hydrogen) atoms. The number of morpholine rings is 1. The number of aliphatic hydroxyl groups is 1.